The summed E-state index contributed by atoms with van der Waals surface area (Å²) in [6.07, 6.45) is 1.74. The lowest BCUT2D eigenvalue weighted by molar-refractivity contribution is 0.467. The second-order valence-corrected chi connectivity index (χ2v) is 8.04. The summed E-state index contributed by atoms with van der Waals surface area (Å²) in [6.45, 7) is 2.00. The van der Waals surface area contributed by atoms with Crippen LogP contribution in [0.4, 0.5) is 5.69 Å². The maximum Gasteiger partial charge on any atom is 0.127 e. The predicted molar refractivity (Wildman–Crippen MR) is 133 cm³/mol. The van der Waals surface area contributed by atoms with Gasteiger partial charge in [0.15, 0.2) is 0 Å². The van der Waals surface area contributed by atoms with Crippen LogP contribution in [0, 0.1) is 0 Å². The molecule has 0 aliphatic carbocycles. The molecule has 0 fully saturated rings. The zero-order valence-electron chi connectivity index (χ0n) is 17.7. The van der Waals surface area contributed by atoms with Gasteiger partial charge in [0.1, 0.15) is 22.3 Å². The van der Waals surface area contributed by atoms with Crippen LogP contribution < -0.4 is 9.47 Å². The van der Waals surface area contributed by atoms with E-state index in [2.05, 4.69) is 12.1 Å². The van der Waals surface area contributed by atoms with Crippen LogP contribution in [-0.2, 0) is 0 Å². The minimum atomic E-state index is 0.730. The average Bonchev–Trinajstić information content (AvgIpc) is 2.85. The van der Waals surface area contributed by atoms with E-state index in [-0.39, 0.29) is 0 Å². The van der Waals surface area contributed by atoms with Crippen LogP contribution in [0.1, 0.15) is 6.92 Å². The van der Waals surface area contributed by atoms with E-state index in [1.165, 1.54) is 0 Å². The molecule has 0 aliphatic rings. The van der Waals surface area contributed by atoms with Gasteiger partial charge in [0, 0.05) is 10.5 Å². The number of hydrogen-bond acceptors (Lipinski definition) is 4. The van der Waals surface area contributed by atoms with E-state index < -0.39 is 0 Å². The number of hydrogen-bond donors (Lipinski definition) is 0. The second-order valence-electron chi connectivity index (χ2n) is 6.97. The molecule has 0 bridgehead atoms. The Balaban J connectivity index is 1.48. The van der Waals surface area contributed by atoms with Crippen LogP contribution in [0.15, 0.2) is 137 Å². The fourth-order valence-corrected chi connectivity index (χ4v) is 3.71. The Morgan fingerprint density at radius 1 is 0.656 bits per heavy atom. The molecule has 4 heteroatoms. The van der Waals surface area contributed by atoms with Crippen LogP contribution in [0.5, 0.6) is 17.2 Å². The van der Waals surface area contributed by atoms with E-state index in [0.29, 0.717) is 0 Å². The molecule has 4 rings (SSSR count). The molecule has 0 saturated heterocycles. The third kappa shape index (κ3) is 6.37. The second kappa shape index (κ2) is 11.0. The van der Waals surface area contributed by atoms with Crippen LogP contribution in [0.2, 0.25) is 0 Å². The highest BCUT2D eigenvalue weighted by Gasteiger charge is 2.07. The molecular weight excluding hydrogens is 414 g/mol. The Kier molecular flexibility index (Phi) is 7.40. The van der Waals surface area contributed by atoms with Crippen molar-refractivity contribution in [1.29, 1.82) is 0 Å². The molecule has 3 nitrogen and oxygen atoms in total. The molecule has 4 aromatic carbocycles. The molecule has 4 aromatic rings. The fraction of sp³-hybridized carbons (Fsp3) is 0.0357. The standard InChI is InChI=1S/C28H23NO2S/c1-22(21-30-24-17-19-26(20-18-24)31-25-13-7-3-8-14-25)28(29-23-11-5-2-6-12-23)32-27-15-9-4-10-16-27/h2-21H,1H3/b22-21+,29-28-. The highest BCUT2D eigenvalue weighted by molar-refractivity contribution is 8.14. The third-order valence-electron chi connectivity index (χ3n) is 4.46. The molecule has 0 amide bonds. The Morgan fingerprint density at radius 3 is 1.84 bits per heavy atom. The maximum atomic E-state index is 5.92. The third-order valence-corrected chi connectivity index (χ3v) is 5.57. The van der Waals surface area contributed by atoms with Gasteiger partial charge < -0.3 is 9.47 Å². The van der Waals surface area contributed by atoms with Gasteiger partial charge in [-0.25, -0.2) is 4.99 Å². The Bertz CT molecular complexity index is 1170. The van der Waals surface area contributed by atoms with Crippen molar-refractivity contribution in [3.05, 3.63) is 127 Å². The summed E-state index contributed by atoms with van der Waals surface area (Å²) >= 11 is 1.61. The van der Waals surface area contributed by atoms with Crippen LogP contribution in [0.3, 0.4) is 0 Å². The predicted octanol–water partition coefficient (Wildman–Crippen LogP) is 8.28. The van der Waals surface area contributed by atoms with Crippen molar-refractivity contribution in [3.63, 3.8) is 0 Å². The average molecular weight is 438 g/mol. The SMILES string of the molecule is CC(=C\Oc1ccc(Oc2ccccc2)cc1)/C(=N/c1ccccc1)Sc1ccccc1. The molecule has 0 unspecified atom stereocenters. The lowest BCUT2D eigenvalue weighted by Gasteiger charge is -2.09. The van der Waals surface area contributed by atoms with Crippen molar-refractivity contribution in [2.45, 2.75) is 11.8 Å². The van der Waals surface area contributed by atoms with Crippen molar-refractivity contribution < 1.29 is 9.47 Å². The number of nitrogens with zero attached hydrogens (tertiary/aromatic N) is 1. The van der Waals surface area contributed by atoms with Gasteiger partial charge in [-0.2, -0.15) is 0 Å². The molecular formula is C28H23NO2S. The lowest BCUT2D eigenvalue weighted by atomic mass is 10.3. The summed E-state index contributed by atoms with van der Waals surface area (Å²) in [4.78, 5) is 5.96. The minimum Gasteiger partial charge on any atom is -0.465 e. The van der Waals surface area contributed by atoms with Gasteiger partial charge >= 0.3 is 0 Å². The molecule has 0 radical (unpaired) electrons. The van der Waals surface area contributed by atoms with Gasteiger partial charge in [-0.1, -0.05) is 66.4 Å². The first-order valence-electron chi connectivity index (χ1n) is 10.3. The number of thioether (sulfide) groups is 1. The Labute approximate surface area is 193 Å². The number of para-hydroxylation sites is 2. The van der Waals surface area contributed by atoms with Gasteiger partial charge in [0.2, 0.25) is 0 Å². The summed E-state index contributed by atoms with van der Waals surface area (Å²) in [5, 5.41) is 0.881. The van der Waals surface area contributed by atoms with Gasteiger partial charge in [-0.15, -0.1) is 0 Å². The van der Waals surface area contributed by atoms with E-state index in [0.717, 1.165) is 38.4 Å². The topological polar surface area (TPSA) is 30.8 Å². The van der Waals surface area contributed by atoms with Crippen molar-refractivity contribution >= 4 is 22.5 Å². The van der Waals surface area contributed by atoms with Crippen LogP contribution >= 0.6 is 11.8 Å². The molecule has 0 atom stereocenters. The first-order chi connectivity index (χ1) is 15.8. The quantitative estimate of drug-likeness (QED) is 0.126. The molecule has 0 aromatic heterocycles. The number of benzene rings is 4. The monoisotopic (exact) mass is 437 g/mol. The Hall–Kier alpha value is -3.76. The molecule has 32 heavy (non-hydrogen) atoms. The van der Waals surface area contributed by atoms with Gasteiger partial charge in [0.05, 0.1) is 11.9 Å². The van der Waals surface area contributed by atoms with Crippen molar-refractivity contribution in [2.75, 3.05) is 0 Å². The zero-order chi connectivity index (χ0) is 22.0. The smallest absolute Gasteiger partial charge is 0.127 e. The van der Waals surface area contributed by atoms with Crippen LogP contribution in [-0.4, -0.2) is 5.04 Å². The van der Waals surface area contributed by atoms with Crippen molar-refractivity contribution in [2.24, 2.45) is 4.99 Å². The summed E-state index contributed by atoms with van der Waals surface area (Å²) < 4.78 is 11.8. The zero-order valence-corrected chi connectivity index (χ0v) is 18.5. The number of aliphatic imine (C=N–C) groups is 1. The lowest BCUT2D eigenvalue weighted by Crippen LogP contribution is -1.97. The van der Waals surface area contributed by atoms with E-state index in [9.17, 15) is 0 Å². The van der Waals surface area contributed by atoms with E-state index in [1.807, 2.05) is 110 Å². The highest BCUT2D eigenvalue weighted by atomic mass is 32.2. The highest BCUT2D eigenvalue weighted by Crippen LogP contribution is 2.27. The summed E-state index contributed by atoms with van der Waals surface area (Å²) in [5.74, 6) is 2.29. The Morgan fingerprint density at radius 2 is 1.19 bits per heavy atom. The van der Waals surface area contributed by atoms with E-state index in [1.54, 1.807) is 18.0 Å². The van der Waals surface area contributed by atoms with Gasteiger partial charge in [-0.3, -0.25) is 0 Å². The first-order valence-corrected chi connectivity index (χ1v) is 11.1. The molecule has 0 saturated carbocycles. The molecule has 158 valence electrons. The number of ether oxygens (including phenoxy) is 2. The maximum absolute atomic E-state index is 5.92. The van der Waals surface area contributed by atoms with Gasteiger partial charge in [-0.05, 0) is 67.6 Å². The normalized spacial score (nSPS) is 11.8. The molecule has 0 spiro atoms. The van der Waals surface area contributed by atoms with Gasteiger partial charge in [0.25, 0.3) is 0 Å². The van der Waals surface area contributed by atoms with Crippen LogP contribution in [0.25, 0.3) is 0 Å². The summed E-state index contributed by atoms with van der Waals surface area (Å²) in [7, 11) is 0. The first kappa shape index (κ1) is 21.5. The van der Waals surface area contributed by atoms with E-state index in [4.69, 9.17) is 14.5 Å². The summed E-state index contributed by atoms with van der Waals surface area (Å²) in [6, 6.07) is 37.4. The molecule has 0 heterocycles. The van der Waals surface area contributed by atoms with E-state index >= 15 is 0 Å². The number of rotatable bonds is 7. The van der Waals surface area contributed by atoms with Crippen molar-refractivity contribution in [1.82, 2.24) is 0 Å². The summed E-state index contributed by atoms with van der Waals surface area (Å²) in [5.41, 5.74) is 1.84. The fourth-order valence-electron chi connectivity index (χ4n) is 2.83. The largest absolute Gasteiger partial charge is 0.465 e. The van der Waals surface area contributed by atoms with Crippen molar-refractivity contribution in [3.8, 4) is 17.2 Å². The molecule has 0 aliphatic heterocycles. The minimum absolute atomic E-state index is 0.730. The molecule has 0 N–H and O–H groups in total.